The lowest BCUT2D eigenvalue weighted by atomic mass is 9.84. The number of nitrogens with zero attached hydrogens (tertiary/aromatic N) is 5. The monoisotopic (exact) mass is 385 g/mol. The van der Waals surface area contributed by atoms with E-state index >= 15 is 0 Å². The van der Waals surface area contributed by atoms with Crippen LogP contribution in [0.4, 0.5) is 15.0 Å². The van der Waals surface area contributed by atoms with Gasteiger partial charge in [-0.1, -0.05) is 0 Å². The maximum absolute atomic E-state index is 13.1. The van der Waals surface area contributed by atoms with E-state index < -0.39 is 5.60 Å². The second-order valence-corrected chi connectivity index (χ2v) is 7.59. The molecule has 2 aromatic heterocycles. The van der Waals surface area contributed by atoms with Gasteiger partial charge in [0.2, 0.25) is 0 Å². The van der Waals surface area contributed by atoms with Gasteiger partial charge in [-0.3, -0.25) is 9.69 Å². The number of halogens is 1. The first kappa shape index (κ1) is 17.0. The van der Waals surface area contributed by atoms with Crippen LogP contribution < -0.4 is 4.90 Å². The van der Waals surface area contributed by atoms with E-state index in [0.29, 0.717) is 44.2 Å². The molecule has 0 bridgehead atoms. The third-order valence-electron chi connectivity index (χ3n) is 5.92. The van der Waals surface area contributed by atoms with Crippen molar-refractivity contribution >= 4 is 17.8 Å². The number of carbonyl (C=O) groups excluding carboxylic acids is 2. The standard InChI is InChI=1S/C19H20FN5O3/c1-22-6-2-3-14(22)17(26)23-7-8-25-15(10-23)19(28-18(25)27)11-24(12-19)16-5-4-13(20)9-21-16/h2-6,9,15H,7-8,10-12H2,1H3. The molecule has 3 aliphatic rings. The van der Waals surface area contributed by atoms with Crippen LogP contribution in [0.3, 0.4) is 0 Å². The first-order valence-electron chi connectivity index (χ1n) is 9.24. The number of aromatic nitrogens is 2. The molecule has 5 heterocycles. The molecule has 3 fully saturated rings. The summed E-state index contributed by atoms with van der Waals surface area (Å²) < 4.78 is 20.7. The van der Waals surface area contributed by atoms with Gasteiger partial charge in [0.25, 0.3) is 5.91 Å². The van der Waals surface area contributed by atoms with Crippen molar-refractivity contribution in [2.75, 3.05) is 37.6 Å². The van der Waals surface area contributed by atoms with Crippen molar-refractivity contribution in [1.82, 2.24) is 19.4 Å². The van der Waals surface area contributed by atoms with Gasteiger partial charge >= 0.3 is 6.09 Å². The van der Waals surface area contributed by atoms with Crippen molar-refractivity contribution in [2.24, 2.45) is 7.05 Å². The van der Waals surface area contributed by atoms with Crippen LogP contribution in [-0.4, -0.2) is 75.7 Å². The summed E-state index contributed by atoms with van der Waals surface area (Å²) in [4.78, 5) is 34.8. The van der Waals surface area contributed by atoms with E-state index in [1.54, 1.807) is 26.5 Å². The lowest BCUT2D eigenvalue weighted by molar-refractivity contribution is -0.00682. The first-order chi connectivity index (χ1) is 13.5. The number of hydrogen-bond donors (Lipinski definition) is 0. The van der Waals surface area contributed by atoms with Gasteiger partial charge in [-0.2, -0.15) is 0 Å². The summed E-state index contributed by atoms with van der Waals surface area (Å²) in [5.41, 5.74) is -0.0428. The maximum Gasteiger partial charge on any atom is 0.411 e. The van der Waals surface area contributed by atoms with Crippen LogP contribution in [0.15, 0.2) is 36.7 Å². The molecule has 0 N–H and O–H groups in total. The molecular formula is C19H20FN5O3. The summed E-state index contributed by atoms with van der Waals surface area (Å²) in [6.45, 7) is 2.32. The number of carbonyl (C=O) groups is 2. The molecule has 0 radical (unpaired) electrons. The number of amides is 2. The number of hydrogen-bond acceptors (Lipinski definition) is 5. The first-order valence-corrected chi connectivity index (χ1v) is 9.24. The van der Waals surface area contributed by atoms with E-state index in [1.165, 1.54) is 12.3 Å². The second kappa shape index (κ2) is 5.95. The molecule has 8 nitrogen and oxygen atoms in total. The molecule has 0 saturated carbocycles. The van der Waals surface area contributed by atoms with Gasteiger partial charge in [-0.15, -0.1) is 0 Å². The normalized spacial score (nSPS) is 22.9. The molecule has 0 aromatic carbocycles. The Morgan fingerprint density at radius 1 is 1.29 bits per heavy atom. The van der Waals surface area contributed by atoms with Crippen molar-refractivity contribution in [1.29, 1.82) is 0 Å². The summed E-state index contributed by atoms with van der Waals surface area (Å²) in [5, 5.41) is 0. The summed E-state index contributed by atoms with van der Waals surface area (Å²) in [6.07, 6.45) is 2.68. The van der Waals surface area contributed by atoms with E-state index in [2.05, 4.69) is 4.98 Å². The fourth-order valence-corrected chi connectivity index (χ4v) is 4.37. The average molecular weight is 385 g/mol. The van der Waals surface area contributed by atoms with Crippen molar-refractivity contribution < 1.29 is 18.7 Å². The molecular weight excluding hydrogens is 365 g/mol. The van der Waals surface area contributed by atoms with Gasteiger partial charge in [0.05, 0.1) is 25.3 Å². The molecule has 2 amide bonds. The zero-order valence-electron chi connectivity index (χ0n) is 15.4. The highest BCUT2D eigenvalue weighted by Crippen LogP contribution is 2.41. The zero-order valence-corrected chi connectivity index (χ0v) is 15.4. The molecule has 5 rings (SSSR count). The molecule has 1 spiro atoms. The Hall–Kier alpha value is -3.10. The van der Waals surface area contributed by atoms with Crippen molar-refractivity contribution in [3.63, 3.8) is 0 Å². The van der Waals surface area contributed by atoms with Crippen LogP contribution >= 0.6 is 0 Å². The predicted octanol–water partition coefficient (Wildman–Crippen LogP) is 1.09. The third-order valence-corrected chi connectivity index (χ3v) is 5.92. The van der Waals surface area contributed by atoms with Crippen molar-refractivity contribution in [3.05, 3.63) is 48.2 Å². The summed E-state index contributed by atoms with van der Waals surface area (Å²) in [5.74, 6) is 0.215. The van der Waals surface area contributed by atoms with Crippen LogP contribution in [0.1, 0.15) is 10.5 Å². The number of anilines is 1. The highest BCUT2D eigenvalue weighted by molar-refractivity contribution is 5.93. The van der Waals surface area contributed by atoms with Crippen LogP contribution in [0.2, 0.25) is 0 Å². The van der Waals surface area contributed by atoms with Crippen LogP contribution in [-0.2, 0) is 11.8 Å². The maximum atomic E-state index is 13.1. The number of piperazine rings is 1. The Morgan fingerprint density at radius 3 is 2.79 bits per heavy atom. The largest absolute Gasteiger partial charge is 0.437 e. The van der Waals surface area contributed by atoms with Gasteiger partial charge in [0.1, 0.15) is 17.3 Å². The van der Waals surface area contributed by atoms with E-state index in [1.807, 2.05) is 24.2 Å². The van der Waals surface area contributed by atoms with Crippen LogP contribution in [0.25, 0.3) is 0 Å². The van der Waals surface area contributed by atoms with Crippen LogP contribution in [0.5, 0.6) is 0 Å². The van der Waals surface area contributed by atoms with E-state index in [9.17, 15) is 14.0 Å². The van der Waals surface area contributed by atoms with Gasteiger partial charge < -0.3 is 19.1 Å². The van der Waals surface area contributed by atoms with E-state index in [4.69, 9.17) is 4.74 Å². The summed E-state index contributed by atoms with van der Waals surface area (Å²) in [7, 11) is 1.84. The molecule has 2 aromatic rings. The molecule has 3 saturated heterocycles. The highest BCUT2D eigenvalue weighted by Gasteiger charge is 2.62. The Morgan fingerprint density at radius 2 is 2.11 bits per heavy atom. The summed E-state index contributed by atoms with van der Waals surface area (Å²) >= 11 is 0. The molecule has 3 aliphatic heterocycles. The molecule has 1 unspecified atom stereocenters. The number of ether oxygens (including phenoxy) is 1. The molecule has 28 heavy (non-hydrogen) atoms. The minimum Gasteiger partial charge on any atom is -0.437 e. The fourth-order valence-electron chi connectivity index (χ4n) is 4.37. The quantitative estimate of drug-likeness (QED) is 0.774. The fraction of sp³-hybridized carbons (Fsp3) is 0.421. The second-order valence-electron chi connectivity index (χ2n) is 7.59. The van der Waals surface area contributed by atoms with E-state index in [-0.39, 0.29) is 23.9 Å². The molecule has 0 aliphatic carbocycles. The third kappa shape index (κ3) is 2.45. The Bertz CT molecular complexity index is 937. The Labute approximate surface area is 161 Å². The minimum absolute atomic E-state index is 0.0435. The van der Waals surface area contributed by atoms with Gasteiger partial charge in [0.15, 0.2) is 5.60 Å². The number of fused-ring (bicyclic) bond motifs is 2. The highest BCUT2D eigenvalue weighted by atomic mass is 19.1. The number of pyridine rings is 1. The zero-order chi connectivity index (χ0) is 19.5. The minimum atomic E-state index is -0.666. The predicted molar refractivity (Wildman–Crippen MR) is 97.4 cm³/mol. The number of aryl methyl sites for hydroxylation is 1. The van der Waals surface area contributed by atoms with Gasteiger partial charge in [-0.25, -0.2) is 14.2 Å². The Kier molecular flexibility index (Phi) is 3.62. The average Bonchev–Trinajstić information content (AvgIpc) is 3.22. The van der Waals surface area contributed by atoms with Crippen molar-refractivity contribution in [3.8, 4) is 0 Å². The molecule has 1 atom stereocenters. The molecule has 146 valence electrons. The van der Waals surface area contributed by atoms with Gasteiger partial charge in [-0.05, 0) is 24.3 Å². The van der Waals surface area contributed by atoms with Crippen molar-refractivity contribution in [2.45, 2.75) is 11.6 Å². The summed E-state index contributed by atoms with van der Waals surface area (Å²) in [6, 6.07) is 6.41. The molecule has 9 heteroatoms. The lowest BCUT2D eigenvalue weighted by Crippen LogP contribution is -2.71. The van der Waals surface area contributed by atoms with Gasteiger partial charge in [0, 0.05) is 32.9 Å². The lowest BCUT2D eigenvalue weighted by Gasteiger charge is -2.51. The smallest absolute Gasteiger partial charge is 0.411 e. The number of rotatable bonds is 2. The van der Waals surface area contributed by atoms with Crippen LogP contribution in [0, 0.1) is 5.82 Å². The van der Waals surface area contributed by atoms with E-state index in [0.717, 1.165) is 0 Å². The Balaban J connectivity index is 1.34. The SMILES string of the molecule is Cn1cccc1C(=O)N1CCN2C(=O)OC3(CN(c4ccc(F)cn4)C3)C2C1. The topological polar surface area (TPSA) is 70.9 Å².